The van der Waals surface area contributed by atoms with E-state index in [0.717, 1.165) is 25.0 Å². The first-order valence-electron chi connectivity index (χ1n) is 10.8. The molecule has 28 heavy (non-hydrogen) atoms. The van der Waals surface area contributed by atoms with Crippen LogP contribution in [0.2, 0.25) is 0 Å². The van der Waals surface area contributed by atoms with Gasteiger partial charge in [-0.2, -0.15) is 0 Å². The Morgan fingerprint density at radius 3 is 2.68 bits per heavy atom. The van der Waals surface area contributed by atoms with Crippen LogP contribution in [0.1, 0.15) is 77.6 Å². The minimum atomic E-state index is -0.909. The number of carboxylic acid groups (broad SMARTS) is 1. The number of rotatable bonds is 12. The van der Waals surface area contributed by atoms with Crippen molar-refractivity contribution < 1.29 is 25.0 Å². The molecule has 158 valence electrons. The summed E-state index contributed by atoms with van der Waals surface area (Å²) >= 11 is 0. The predicted molar refractivity (Wildman–Crippen MR) is 108 cm³/mol. The van der Waals surface area contributed by atoms with E-state index in [4.69, 9.17) is 9.94 Å². The van der Waals surface area contributed by atoms with E-state index in [1.807, 2.05) is 0 Å². The molecule has 0 spiro atoms. The van der Waals surface area contributed by atoms with Crippen molar-refractivity contribution >= 4 is 11.7 Å². The molecular formula is C22H35NO5. The third kappa shape index (κ3) is 7.10. The minimum Gasteiger partial charge on any atom is -0.481 e. The summed E-state index contributed by atoms with van der Waals surface area (Å²) in [6, 6.07) is 0. The summed E-state index contributed by atoms with van der Waals surface area (Å²) in [6.07, 6.45) is 9.42. The maximum absolute atomic E-state index is 10.5. The molecule has 2 aliphatic rings. The molecule has 6 nitrogen and oxygen atoms in total. The van der Waals surface area contributed by atoms with Crippen LogP contribution >= 0.6 is 0 Å². The quantitative estimate of drug-likeness (QED) is 0.268. The molecule has 0 saturated heterocycles. The Bertz CT molecular complexity index is 579. The van der Waals surface area contributed by atoms with Gasteiger partial charge < -0.3 is 20.2 Å². The van der Waals surface area contributed by atoms with E-state index in [9.17, 15) is 15.0 Å². The Morgan fingerprint density at radius 2 is 1.96 bits per heavy atom. The summed E-state index contributed by atoms with van der Waals surface area (Å²) in [5, 5.41) is 33.1. The second-order valence-corrected chi connectivity index (χ2v) is 8.08. The van der Waals surface area contributed by atoms with E-state index in [0.29, 0.717) is 12.8 Å². The molecule has 0 amide bonds. The molecule has 0 bridgehead atoms. The molecule has 0 aliphatic heterocycles. The zero-order chi connectivity index (χ0) is 20.4. The maximum atomic E-state index is 10.5. The highest BCUT2D eigenvalue weighted by Gasteiger charge is 2.51. The molecule has 5 unspecified atom stereocenters. The van der Waals surface area contributed by atoms with Gasteiger partial charge in [0.1, 0.15) is 12.7 Å². The second-order valence-electron chi connectivity index (χ2n) is 8.08. The zero-order valence-electron chi connectivity index (χ0n) is 17.0. The number of hydrogen-bond acceptors (Lipinski definition) is 5. The van der Waals surface area contributed by atoms with Crippen molar-refractivity contribution in [2.45, 2.75) is 89.8 Å². The van der Waals surface area contributed by atoms with E-state index in [2.05, 4.69) is 23.9 Å². The first-order chi connectivity index (χ1) is 13.5. The smallest absolute Gasteiger partial charge is 0.306 e. The van der Waals surface area contributed by atoms with Gasteiger partial charge in [-0.25, -0.2) is 0 Å². The van der Waals surface area contributed by atoms with Crippen molar-refractivity contribution in [2.24, 2.45) is 22.9 Å². The zero-order valence-corrected chi connectivity index (χ0v) is 17.0. The number of aliphatic hydroxyl groups excluding tert-OH is 2. The van der Waals surface area contributed by atoms with Gasteiger partial charge in [-0.3, -0.25) is 4.79 Å². The van der Waals surface area contributed by atoms with Gasteiger partial charge in [0.05, 0.1) is 18.2 Å². The fraction of sp³-hybridized carbons (Fsp3) is 0.818. The summed E-state index contributed by atoms with van der Waals surface area (Å²) < 4.78 is 0. The Labute approximate surface area is 168 Å². The lowest BCUT2D eigenvalue weighted by Gasteiger charge is -2.33. The lowest BCUT2D eigenvalue weighted by molar-refractivity contribution is -0.138. The van der Waals surface area contributed by atoms with E-state index in [-0.39, 0.29) is 30.8 Å². The monoisotopic (exact) mass is 393 g/mol. The van der Waals surface area contributed by atoms with Crippen LogP contribution in [0.15, 0.2) is 5.16 Å². The van der Waals surface area contributed by atoms with Gasteiger partial charge in [-0.1, -0.05) is 62.4 Å². The highest BCUT2D eigenvalue weighted by Crippen LogP contribution is 2.47. The Morgan fingerprint density at radius 1 is 1.25 bits per heavy atom. The second kappa shape index (κ2) is 12.1. The molecule has 0 heterocycles. The number of nitrogens with zero attached hydrogens (tertiary/aromatic N) is 1. The third-order valence-electron chi connectivity index (χ3n) is 5.85. The normalized spacial score (nSPS) is 28.2. The van der Waals surface area contributed by atoms with Crippen LogP contribution in [-0.4, -0.2) is 45.8 Å². The number of aliphatic hydroxyl groups is 2. The Kier molecular flexibility index (Phi) is 9.80. The lowest BCUT2D eigenvalue weighted by atomic mass is 9.73. The van der Waals surface area contributed by atoms with Crippen LogP contribution < -0.4 is 0 Å². The molecule has 0 aromatic carbocycles. The minimum absolute atomic E-state index is 0.0623. The molecule has 5 atom stereocenters. The van der Waals surface area contributed by atoms with E-state index in [1.165, 1.54) is 32.1 Å². The fourth-order valence-electron chi connectivity index (χ4n) is 4.08. The van der Waals surface area contributed by atoms with Crippen LogP contribution in [0.5, 0.6) is 0 Å². The largest absolute Gasteiger partial charge is 0.481 e. The molecule has 0 radical (unpaired) electrons. The summed E-state index contributed by atoms with van der Waals surface area (Å²) in [5.74, 6) is 5.28. The van der Waals surface area contributed by atoms with Crippen LogP contribution in [0.25, 0.3) is 0 Å². The molecule has 2 aliphatic carbocycles. The third-order valence-corrected chi connectivity index (χ3v) is 5.85. The summed E-state index contributed by atoms with van der Waals surface area (Å²) in [7, 11) is 0. The van der Waals surface area contributed by atoms with Gasteiger partial charge in [0, 0.05) is 11.8 Å². The molecule has 2 rings (SSSR count). The van der Waals surface area contributed by atoms with Crippen LogP contribution in [-0.2, 0) is 9.63 Å². The van der Waals surface area contributed by atoms with Crippen molar-refractivity contribution in [1.29, 1.82) is 0 Å². The molecule has 6 heteroatoms. The van der Waals surface area contributed by atoms with Gasteiger partial charge in [0.2, 0.25) is 0 Å². The highest BCUT2D eigenvalue weighted by molar-refractivity contribution is 5.93. The molecule has 2 saturated carbocycles. The number of unbranched alkanes of at least 4 members (excludes halogenated alkanes) is 6. The average molecular weight is 394 g/mol. The van der Waals surface area contributed by atoms with Crippen LogP contribution in [0, 0.1) is 29.6 Å². The predicted octanol–water partition coefficient (Wildman–Crippen LogP) is 3.36. The van der Waals surface area contributed by atoms with Gasteiger partial charge in [-0.05, 0) is 31.6 Å². The molecular weight excluding hydrogens is 358 g/mol. The number of fused-ring (bicyclic) bond motifs is 1. The summed E-state index contributed by atoms with van der Waals surface area (Å²) in [6.45, 7) is 2.28. The molecule has 0 aromatic rings. The number of carboxylic acids is 1. The van der Waals surface area contributed by atoms with Crippen molar-refractivity contribution in [3.8, 4) is 11.8 Å². The summed E-state index contributed by atoms with van der Waals surface area (Å²) in [4.78, 5) is 15.5. The van der Waals surface area contributed by atoms with Crippen molar-refractivity contribution in [1.82, 2.24) is 0 Å². The van der Waals surface area contributed by atoms with Crippen LogP contribution in [0.4, 0.5) is 0 Å². The molecule has 3 N–H and O–H groups in total. The van der Waals surface area contributed by atoms with Crippen molar-refractivity contribution in [3.05, 3.63) is 0 Å². The van der Waals surface area contributed by atoms with Gasteiger partial charge in [0.15, 0.2) is 0 Å². The highest BCUT2D eigenvalue weighted by atomic mass is 16.6. The molecule has 2 fully saturated rings. The first kappa shape index (κ1) is 22.7. The number of hydrogen-bond donors (Lipinski definition) is 3. The molecule has 0 aromatic heterocycles. The topological polar surface area (TPSA) is 99.4 Å². The van der Waals surface area contributed by atoms with Crippen LogP contribution in [0.3, 0.4) is 0 Å². The van der Waals surface area contributed by atoms with E-state index in [1.54, 1.807) is 0 Å². The van der Waals surface area contributed by atoms with Crippen molar-refractivity contribution in [3.63, 3.8) is 0 Å². The van der Waals surface area contributed by atoms with Gasteiger partial charge in [-0.15, -0.1) is 0 Å². The first-order valence-corrected chi connectivity index (χ1v) is 10.8. The van der Waals surface area contributed by atoms with E-state index >= 15 is 0 Å². The van der Waals surface area contributed by atoms with Gasteiger partial charge in [0.25, 0.3) is 0 Å². The fourth-order valence-corrected chi connectivity index (χ4v) is 4.08. The van der Waals surface area contributed by atoms with E-state index < -0.39 is 18.2 Å². The number of oxime groups is 1. The number of aliphatic carboxylic acids is 1. The Hall–Kier alpha value is -1.58. The summed E-state index contributed by atoms with van der Waals surface area (Å²) in [5.41, 5.74) is 0.891. The Balaban J connectivity index is 1.66. The SMILES string of the molecule is CCCCCCCCCC(O)C#CC1CC2C(=NOCCC(=O)O)CC2C1O. The van der Waals surface area contributed by atoms with Crippen molar-refractivity contribution in [2.75, 3.05) is 6.61 Å². The standard InChI is InChI=1S/C22H35NO5/c1-2-3-4-5-6-7-8-9-17(24)11-10-16-14-18-19(22(16)27)15-20(18)23-28-13-12-21(25)26/h16-19,22,24,27H,2-9,12-15H2,1H3,(H,25,26). The van der Waals surface area contributed by atoms with Gasteiger partial charge >= 0.3 is 5.97 Å². The lowest BCUT2D eigenvalue weighted by Crippen LogP contribution is -2.38. The maximum Gasteiger partial charge on any atom is 0.306 e. The number of carbonyl (C=O) groups is 1. The average Bonchev–Trinajstić information content (AvgIpc) is 2.89.